The number of benzene rings is 1. The van der Waals surface area contributed by atoms with Crippen LogP contribution in [0.4, 0.5) is 11.4 Å². The average Bonchev–Trinajstić information content (AvgIpc) is 2.29. The molecule has 4 heteroatoms. The normalized spacial score (nSPS) is 10.2. The lowest BCUT2D eigenvalue weighted by Crippen LogP contribution is -2.17. The number of anilines is 2. The van der Waals surface area contributed by atoms with E-state index < -0.39 is 0 Å². The van der Waals surface area contributed by atoms with Gasteiger partial charge in [-0.05, 0) is 23.8 Å². The van der Waals surface area contributed by atoms with Gasteiger partial charge in [0.05, 0.1) is 17.6 Å². The second kappa shape index (κ2) is 4.74. The van der Waals surface area contributed by atoms with E-state index in [1.165, 1.54) is 0 Å². The zero-order valence-electron chi connectivity index (χ0n) is 9.67. The molecule has 0 aliphatic rings. The fourth-order valence-electron chi connectivity index (χ4n) is 1.76. The smallest absolute Gasteiger partial charge is 0.115 e. The van der Waals surface area contributed by atoms with E-state index in [-0.39, 0.29) is 5.75 Å². The molecule has 1 aromatic carbocycles. The number of aromatic nitrogens is 1. The number of phenols is 1. The molecule has 0 aliphatic carbocycles. The van der Waals surface area contributed by atoms with Gasteiger partial charge in [-0.1, -0.05) is 12.1 Å². The quantitative estimate of drug-likeness (QED) is 0.845. The van der Waals surface area contributed by atoms with Gasteiger partial charge in [0.15, 0.2) is 0 Å². The summed E-state index contributed by atoms with van der Waals surface area (Å²) in [5, 5.41) is 9.40. The van der Waals surface area contributed by atoms with Crippen LogP contribution in [-0.4, -0.2) is 17.1 Å². The first kappa shape index (κ1) is 11.3. The number of nitrogens with two attached hydrogens (primary N) is 1. The molecule has 1 heterocycles. The van der Waals surface area contributed by atoms with Crippen molar-refractivity contribution in [3.8, 4) is 5.75 Å². The summed E-state index contributed by atoms with van der Waals surface area (Å²) in [5.41, 5.74) is 8.46. The lowest BCUT2D eigenvalue weighted by atomic mass is 10.2. The fraction of sp³-hybridized carbons (Fsp3) is 0.154. The van der Waals surface area contributed by atoms with E-state index in [0.29, 0.717) is 12.2 Å². The maximum absolute atomic E-state index is 9.40. The van der Waals surface area contributed by atoms with Crippen LogP contribution in [-0.2, 0) is 6.54 Å². The van der Waals surface area contributed by atoms with Crippen molar-refractivity contribution in [1.82, 2.24) is 4.98 Å². The predicted octanol–water partition coefficient (Wildman–Crippen LogP) is 2.01. The lowest BCUT2D eigenvalue weighted by molar-refractivity contribution is 0.474. The summed E-state index contributed by atoms with van der Waals surface area (Å²) >= 11 is 0. The first-order valence-corrected chi connectivity index (χ1v) is 5.35. The zero-order chi connectivity index (χ0) is 12.3. The maximum Gasteiger partial charge on any atom is 0.115 e. The van der Waals surface area contributed by atoms with Crippen molar-refractivity contribution in [3.63, 3.8) is 0 Å². The van der Waals surface area contributed by atoms with Gasteiger partial charge in [-0.25, -0.2) is 0 Å². The van der Waals surface area contributed by atoms with Gasteiger partial charge in [0.1, 0.15) is 5.75 Å². The number of hydrogen-bond donors (Lipinski definition) is 2. The first-order valence-electron chi connectivity index (χ1n) is 5.35. The zero-order valence-corrected chi connectivity index (χ0v) is 9.67. The van der Waals surface area contributed by atoms with Gasteiger partial charge in [0, 0.05) is 19.8 Å². The predicted molar refractivity (Wildman–Crippen MR) is 68.9 cm³/mol. The Labute approximate surface area is 100 Å². The number of hydrogen-bond acceptors (Lipinski definition) is 4. The highest BCUT2D eigenvalue weighted by Gasteiger charge is 2.05. The molecular formula is C13H15N3O. The Kier molecular flexibility index (Phi) is 3.14. The summed E-state index contributed by atoms with van der Waals surface area (Å²) in [6, 6.07) is 9.07. The van der Waals surface area contributed by atoms with Crippen molar-refractivity contribution in [1.29, 1.82) is 0 Å². The van der Waals surface area contributed by atoms with E-state index in [9.17, 15) is 5.11 Å². The monoisotopic (exact) mass is 229 g/mol. The molecule has 0 saturated heterocycles. The molecule has 0 fully saturated rings. The number of nitrogens with zero attached hydrogens (tertiary/aromatic N) is 2. The van der Waals surface area contributed by atoms with Crippen molar-refractivity contribution in [3.05, 3.63) is 48.3 Å². The van der Waals surface area contributed by atoms with E-state index in [2.05, 4.69) is 4.98 Å². The summed E-state index contributed by atoms with van der Waals surface area (Å²) in [5.74, 6) is 0.276. The van der Waals surface area contributed by atoms with E-state index in [1.807, 2.05) is 30.1 Å². The Morgan fingerprint density at radius 2 is 2.18 bits per heavy atom. The molecule has 0 amide bonds. The molecule has 0 saturated carbocycles. The van der Waals surface area contributed by atoms with Crippen LogP contribution >= 0.6 is 0 Å². The first-order chi connectivity index (χ1) is 8.16. The average molecular weight is 229 g/mol. The Morgan fingerprint density at radius 3 is 2.88 bits per heavy atom. The van der Waals surface area contributed by atoms with Gasteiger partial charge in [-0.2, -0.15) is 0 Å². The van der Waals surface area contributed by atoms with Gasteiger partial charge in [0.2, 0.25) is 0 Å². The highest BCUT2D eigenvalue weighted by Crippen LogP contribution is 2.22. The minimum Gasteiger partial charge on any atom is -0.508 e. The fourth-order valence-corrected chi connectivity index (χ4v) is 1.76. The highest BCUT2D eigenvalue weighted by molar-refractivity contribution is 5.65. The lowest BCUT2D eigenvalue weighted by Gasteiger charge is -2.20. The molecule has 17 heavy (non-hydrogen) atoms. The van der Waals surface area contributed by atoms with Crippen LogP contribution in [0.5, 0.6) is 5.75 Å². The molecule has 0 radical (unpaired) electrons. The third-order valence-electron chi connectivity index (χ3n) is 2.57. The van der Waals surface area contributed by atoms with Crippen molar-refractivity contribution in [2.45, 2.75) is 6.54 Å². The van der Waals surface area contributed by atoms with E-state index in [1.54, 1.807) is 24.5 Å². The van der Waals surface area contributed by atoms with Crippen LogP contribution < -0.4 is 10.6 Å². The van der Waals surface area contributed by atoms with Crippen molar-refractivity contribution in [2.24, 2.45) is 0 Å². The summed E-state index contributed by atoms with van der Waals surface area (Å²) in [7, 11) is 1.95. The van der Waals surface area contributed by atoms with Crippen LogP contribution in [0.3, 0.4) is 0 Å². The molecule has 1 aromatic heterocycles. The Morgan fingerprint density at radius 1 is 1.35 bits per heavy atom. The number of nitrogen functional groups attached to an aromatic ring is 1. The molecule has 4 nitrogen and oxygen atoms in total. The minimum absolute atomic E-state index is 0.276. The molecule has 0 atom stereocenters. The van der Waals surface area contributed by atoms with E-state index in [4.69, 9.17) is 5.73 Å². The Hall–Kier alpha value is -2.23. The van der Waals surface area contributed by atoms with Crippen molar-refractivity contribution >= 4 is 11.4 Å². The molecular weight excluding hydrogens is 214 g/mol. The largest absolute Gasteiger partial charge is 0.508 e. The van der Waals surface area contributed by atoms with Crippen LogP contribution in [0.15, 0.2) is 42.7 Å². The van der Waals surface area contributed by atoms with Gasteiger partial charge < -0.3 is 15.7 Å². The van der Waals surface area contributed by atoms with E-state index in [0.717, 1.165) is 11.3 Å². The number of phenolic OH excluding ortho intramolecular Hbond substituents is 1. The highest BCUT2D eigenvalue weighted by atomic mass is 16.3. The molecule has 0 unspecified atom stereocenters. The third kappa shape index (κ3) is 2.66. The second-order valence-corrected chi connectivity index (χ2v) is 3.96. The molecule has 0 aliphatic heterocycles. The van der Waals surface area contributed by atoms with Crippen molar-refractivity contribution < 1.29 is 5.11 Å². The third-order valence-corrected chi connectivity index (χ3v) is 2.57. The topological polar surface area (TPSA) is 62.4 Å². The summed E-state index contributed by atoms with van der Waals surface area (Å²) in [4.78, 5) is 5.98. The van der Waals surface area contributed by atoms with Gasteiger partial charge >= 0.3 is 0 Å². The van der Waals surface area contributed by atoms with Gasteiger partial charge in [-0.3, -0.25) is 4.98 Å². The Bertz CT molecular complexity index is 514. The molecule has 2 aromatic rings. The van der Waals surface area contributed by atoms with Gasteiger partial charge in [0.25, 0.3) is 0 Å². The minimum atomic E-state index is 0.276. The standard InChI is InChI=1S/C13H15N3O/c1-16(13-5-6-15-8-12(13)14)9-10-3-2-4-11(17)7-10/h2-8,17H,9,14H2,1H3. The molecule has 2 rings (SSSR count). The summed E-state index contributed by atoms with van der Waals surface area (Å²) < 4.78 is 0. The SMILES string of the molecule is CN(Cc1cccc(O)c1)c1ccncc1N. The second-order valence-electron chi connectivity index (χ2n) is 3.96. The van der Waals surface area contributed by atoms with Crippen LogP contribution in [0.2, 0.25) is 0 Å². The van der Waals surface area contributed by atoms with E-state index >= 15 is 0 Å². The maximum atomic E-state index is 9.40. The van der Waals surface area contributed by atoms with Gasteiger partial charge in [-0.15, -0.1) is 0 Å². The summed E-state index contributed by atoms with van der Waals surface area (Å²) in [6.07, 6.45) is 3.35. The molecule has 3 N–H and O–H groups in total. The number of rotatable bonds is 3. The number of pyridine rings is 1. The molecule has 0 spiro atoms. The van der Waals surface area contributed by atoms with Crippen LogP contribution in [0.25, 0.3) is 0 Å². The number of aromatic hydroxyl groups is 1. The Balaban J connectivity index is 2.17. The molecule has 88 valence electrons. The van der Waals surface area contributed by atoms with Crippen LogP contribution in [0.1, 0.15) is 5.56 Å². The van der Waals surface area contributed by atoms with Crippen LogP contribution in [0, 0.1) is 0 Å². The van der Waals surface area contributed by atoms with Crippen molar-refractivity contribution in [2.75, 3.05) is 17.7 Å². The molecule has 0 bridgehead atoms. The summed E-state index contributed by atoms with van der Waals surface area (Å²) in [6.45, 7) is 0.683.